The molecule has 0 atom stereocenters. The molecule has 0 fully saturated rings. The quantitative estimate of drug-likeness (QED) is 0.580. The molecule has 0 radical (unpaired) electrons. The van der Waals surface area contributed by atoms with Gasteiger partial charge in [-0.3, -0.25) is 0 Å². The van der Waals surface area contributed by atoms with Crippen LogP contribution in [0.4, 0.5) is 0 Å². The van der Waals surface area contributed by atoms with E-state index in [-0.39, 0.29) is 12.7 Å². The number of hydrogen-bond acceptors (Lipinski definition) is 2. The Morgan fingerprint density at radius 2 is 2.17 bits per heavy atom. The predicted molar refractivity (Wildman–Crippen MR) is 53.0 cm³/mol. The molecule has 0 N–H and O–H groups in total. The molecule has 0 aromatic heterocycles. The minimum absolute atomic E-state index is 0.0488. The van der Waals surface area contributed by atoms with E-state index in [1.165, 1.54) is 0 Å². The van der Waals surface area contributed by atoms with Crippen LogP contribution in [0.5, 0.6) is 0 Å². The average molecular weight is 167 g/mol. The van der Waals surface area contributed by atoms with Gasteiger partial charge >= 0.3 is 7.05 Å². The van der Waals surface area contributed by atoms with Crippen LogP contribution in [0.15, 0.2) is 12.1 Å². The van der Waals surface area contributed by atoms with Crippen molar-refractivity contribution in [2.75, 3.05) is 13.1 Å². The summed E-state index contributed by atoms with van der Waals surface area (Å²) in [5, 5.41) is 0. The van der Waals surface area contributed by atoms with E-state index in [9.17, 15) is 0 Å². The monoisotopic (exact) mass is 167 g/mol. The first-order valence-electron chi connectivity index (χ1n) is 4.61. The van der Waals surface area contributed by atoms with Crippen molar-refractivity contribution in [3.63, 3.8) is 0 Å². The van der Waals surface area contributed by atoms with Gasteiger partial charge in [0.2, 0.25) is 0 Å². The standard InChI is InChI=1S/C9H18BNO/c1-5-11-8-6-7-10(11)12-9(2,3)4/h6-7H,5,8H2,1-4H3. The average Bonchev–Trinajstić information content (AvgIpc) is 2.31. The summed E-state index contributed by atoms with van der Waals surface area (Å²) < 4.78 is 5.84. The first kappa shape index (κ1) is 9.81. The lowest BCUT2D eigenvalue weighted by Gasteiger charge is -2.27. The Kier molecular flexibility index (Phi) is 2.96. The topological polar surface area (TPSA) is 12.5 Å². The Labute approximate surface area is 75.7 Å². The van der Waals surface area contributed by atoms with Gasteiger partial charge in [-0.05, 0) is 27.3 Å². The van der Waals surface area contributed by atoms with E-state index in [1.807, 2.05) is 0 Å². The molecule has 68 valence electrons. The largest absolute Gasteiger partial charge is 0.413 e. The molecule has 0 unspecified atom stereocenters. The summed E-state index contributed by atoms with van der Waals surface area (Å²) in [5.41, 5.74) is -0.0488. The van der Waals surface area contributed by atoms with Crippen molar-refractivity contribution in [1.82, 2.24) is 4.81 Å². The second kappa shape index (κ2) is 3.63. The molecule has 1 heterocycles. The molecule has 1 rings (SSSR count). The van der Waals surface area contributed by atoms with Crippen molar-refractivity contribution < 1.29 is 4.65 Å². The second-order valence-corrected chi connectivity index (χ2v) is 4.14. The van der Waals surface area contributed by atoms with Crippen molar-refractivity contribution in [3.05, 3.63) is 12.1 Å². The van der Waals surface area contributed by atoms with Crippen LogP contribution in [0.1, 0.15) is 27.7 Å². The van der Waals surface area contributed by atoms with Crippen molar-refractivity contribution >= 4 is 7.05 Å². The van der Waals surface area contributed by atoms with E-state index in [0.29, 0.717) is 0 Å². The summed E-state index contributed by atoms with van der Waals surface area (Å²) >= 11 is 0. The SMILES string of the molecule is CCN1CC=CB1OC(C)(C)C. The Balaban J connectivity index is 2.46. The van der Waals surface area contributed by atoms with Crippen LogP contribution in [0.3, 0.4) is 0 Å². The maximum absolute atomic E-state index is 5.84. The van der Waals surface area contributed by atoms with Gasteiger partial charge in [-0.15, -0.1) is 0 Å². The van der Waals surface area contributed by atoms with Crippen molar-refractivity contribution in [2.24, 2.45) is 0 Å². The molecule has 3 heteroatoms. The van der Waals surface area contributed by atoms with Crippen LogP contribution >= 0.6 is 0 Å². The van der Waals surface area contributed by atoms with Crippen molar-refractivity contribution in [1.29, 1.82) is 0 Å². The molecule has 1 aliphatic heterocycles. The first-order valence-corrected chi connectivity index (χ1v) is 4.61. The molecule has 0 saturated carbocycles. The van der Waals surface area contributed by atoms with Crippen LogP contribution in [0.25, 0.3) is 0 Å². The molecule has 0 bridgehead atoms. The molecule has 12 heavy (non-hydrogen) atoms. The fourth-order valence-corrected chi connectivity index (χ4v) is 1.32. The number of likely N-dealkylation sites (N-methyl/N-ethyl adjacent to an activating group) is 1. The highest BCUT2D eigenvalue weighted by Crippen LogP contribution is 2.14. The lowest BCUT2D eigenvalue weighted by Crippen LogP contribution is -2.41. The lowest BCUT2D eigenvalue weighted by molar-refractivity contribution is 0.115. The normalized spacial score (nSPS) is 19.2. The molecule has 0 aromatic carbocycles. The smallest absolute Gasteiger partial charge is 0.411 e. The van der Waals surface area contributed by atoms with Gasteiger partial charge in [-0.25, -0.2) is 0 Å². The zero-order valence-corrected chi connectivity index (χ0v) is 8.50. The van der Waals surface area contributed by atoms with Crippen LogP contribution < -0.4 is 0 Å². The van der Waals surface area contributed by atoms with Crippen LogP contribution in [0, 0.1) is 0 Å². The van der Waals surface area contributed by atoms with Crippen molar-refractivity contribution in [2.45, 2.75) is 33.3 Å². The van der Waals surface area contributed by atoms with E-state index in [1.54, 1.807) is 0 Å². The Hall–Kier alpha value is -0.275. The van der Waals surface area contributed by atoms with E-state index < -0.39 is 0 Å². The molecule has 2 nitrogen and oxygen atoms in total. The van der Waals surface area contributed by atoms with Gasteiger partial charge in [-0.1, -0.05) is 19.0 Å². The number of rotatable bonds is 2. The van der Waals surface area contributed by atoms with E-state index >= 15 is 0 Å². The second-order valence-electron chi connectivity index (χ2n) is 4.14. The molecule has 0 aliphatic carbocycles. The molecule has 0 amide bonds. The summed E-state index contributed by atoms with van der Waals surface area (Å²) in [4.78, 5) is 2.30. The van der Waals surface area contributed by atoms with Crippen LogP contribution in [-0.2, 0) is 4.65 Å². The number of hydrogen-bond donors (Lipinski definition) is 0. The fourth-order valence-electron chi connectivity index (χ4n) is 1.32. The fraction of sp³-hybridized carbons (Fsp3) is 0.778. The van der Waals surface area contributed by atoms with Gasteiger partial charge in [0, 0.05) is 12.1 Å². The molecule has 0 saturated heterocycles. The maximum atomic E-state index is 5.84. The third-order valence-corrected chi connectivity index (χ3v) is 1.88. The zero-order valence-electron chi connectivity index (χ0n) is 8.50. The van der Waals surface area contributed by atoms with Gasteiger partial charge in [-0.2, -0.15) is 0 Å². The first-order chi connectivity index (χ1) is 5.53. The predicted octanol–water partition coefficient (Wildman–Crippen LogP) is 1.72. The summed E-state index contributed by atoms with van der Waals surface area (Å²) in [6.45, 7) is 10.5. The van der Waals surface area contributed by atoms with Crippen LogP contribution in [-0.4, -0.2) is 30.6 Å². The molecule has 1 aliphatic rings. The van der Waals surface area contributed by atoms with Gasteiger partial charge < -0.3 is 9.47 Å². The Morgan fingerprint density at radius 3 is 2.67 bits per heavy atom. The third-order valence-electron chi connectivity index (χ3n) is 1.88. The maximum Gasteiger partial charge on any atom is 0.411 e. The van der Waals surface area contributed by atoms with Gasteiger partial charge in [0.05, 0.1) is 0 Å². The highest BCUT2D eigenvalue weighted by molar-refractivity contribution is 6.55. The van der Waals surface area contributed by atoms with Gasteiger partial charge in [0.25, 0.3) is 0 Å². The summed E-state index contributed by atoms with van der Waals surface area (Å²) in [7, 11) is 0.190. The minimum Gasteiger partial charge on any atom is -0.413 e. The number of nitrogens with zero attached hydrogens (tertiary/aromatic N) is 1. The molecular weight excluding hydrogens is 149 g/mol. The highest BCUT2D eigenvalue weighted by Gasteiger charge is 2.29. The van der Waals surface area contributed by atoms with E-state index in [4.69, 9.17) is 4.65 Å². The third kappa shape index (κ3) is 2.65. The minimum atomic E-state index is -0.0488. The van der Waals surface area contributed by atoms with Crippen molar-refractivity contribution in [3.8, 4) is 0 Å². The Bertz CT molecular complexity index is 174. The zero-order chi connectivity index (χ0) is 9.19. The molecule has 0 spiro atoms. The lowest BCUT2D eigenvalue weighted by atomic mass is 9.82. The highest BCUT2D eigenvalue weighted by atomic mass is 16.5. The van der Waals surface area contributed by atoms with Gasteiger partial charge in [0.15, 0.2) is 0 Å². The van der Waals surface area contributed by atoms with Crippen LogP contribution in [0.2, 0.25) is 0 Å². The molecular formula is C9H18BNO. The van der Waals surface area contributed by atoms with Gasteiger partial charge in [0.1, 0.15) is 0 Å². The summed E-state index contributed by atoms with van der Waals surface area (Å²) in [6, 6.07) is 0. The Morgan fingerprint density at radius 1 is 1.50 bits per heavy atom. The summed E-state index contributed by atoms with van der Waals surface area (Å²) in [6.07, 6.45) is 2.17. The molecule has 0 aromatic rings. The summed E-state index contributed by atoms with van der Waals surface area (Å²) in [5.74, 6) is 2.13. The van der Waals surface area contributed by atoms with E-state index in [2.05, 4.69) is 44.6 Å². The van der Waals surface area contributed by atoms with E-state index in [0.717, 1.165) is 13.1 Å².